The lowest BCUT2D eigenvalue weighted by Gasteiger charge is -2.09. The monoisotopic (exact) mass is 321 g/mol. The predicted octanol–water partition coefficient (Wildman–Crippen LogP) is 3.03. The molecule has 0 N–H and O–H groups in total. The third kappa shape index (κ3) is 2.96. The van der Waals surface area contributed by atoms with Gasteiger partial charge in [0.15, 0.2) is 0 Å². The minimum absolute atomic E-state index is 0.178. The van der Waals surface area contributed by atoms with Crippen LogP contribution < -0.4 is 4.74 Å². The van der Waals surface area contributed by atoms with E-state index in [0.29, 0.717) is 5.56 Å². The van der Waals surface area contributed by atoms with Crippen LogP contribution in [0.15, 0.2) is 6.07 Å². The highest BCUT2D eigenvalue weighted by Gasteiger charge is 2.32. The van der Waals surface area contributed by atoms with E-state index >= 15 is 0 Å². The molecule has 1 aromatic rings. The summed E-state index contributed by atoms with van der Waals surface area (Å²) in [5.74, 6) is -1.75. The van der Waals surface area contributed by atoms with Gasteiger partial charge < -0.3 is 4.74 Å². The van der Waals surface area contributed by atoms with Gasteiger partial charge in [-0.3, -0.25) is 0 Å². The summed E-state index contributed by atoms with van der Waals surface area (Å²) >= 11 is 1.65. The van der Waals surface area contributed by atoms with Gasteiger partial charge in [-0.2, -0.15) is 9.37 Å². The SMILES string of the molecule is Cc1cc(OC(F)(F)F)nc(F)c1I. The Morgan fingerprint density at radius 1 is 1.43 bits per heavy atom. The molecule has 0 fully saturated rings. The number of hydrogen-bond donors (Lipinski definition) is 0. The number of hydrogen-bond acceptors (Lipinski definition) is 2. The van der Waals surface area contributed by atoms with Gasteiger partial charge in [-0.05, 0) is 35.1 Å². The summed E-state index contributed by atoms with van der Waals surface area (Å²) < 4.78 is 51.6. The summed E-state index contributed by atoms with van der Waals surface area (Å²) in [5, 5.41) is 0. The van der Waals surface area contributed by atoms with E-state index < -0.39 is 18.2 Å². The van der Waals surface area contributed by atoms with Crippen LogP contribution in [0.5, 0.6) is 5.88 Å². The molecule has 0 aliphatic heterocycles. The Morgan fingerprint density at radius 2 is 2.00 bits per heavy atom. The highest BCUT2D eigenvalue weighted by atomic mass is 127. The summed E-state index contributed by atoms with van der Waals surface area (Å²) in [6.07, 6.45) is -4.85. The van der Waals surface area contributed by atoms with E-state index in [9.17, 15) is 17.6 Å². The average Bonchev–Trinajstić information content (AvgIpc) is 1.96. The second kappa shape index (κ2) is 3.87. The summed E-state index contributed by atoms with van der Waals surface area (Å²) in [6, 6.07) is 1.03. The van der Waals surface area contributed by atoms with Crippen molar-refractivity contribution < 1.29 is 22.3 Å². The lowest BCUT2D eigenvalue weighted by molar-refractivity contribution is -0.276. The van der Waals surface area contributed by atoms with Crippen LogP contribution in [0.25, 0.3) is 0 Å². The fourth-order valence-corrected chi connectivity index (χ4v) is 1.04. The molecule has 0 atom stereocenters. The van der Waals surface area contributed by atoms with Gasteiger partial charge in [0, 0.05) is 6.07 Å². The molecule has 0 aliphatic rings. The predicted molar refractivity (Wildman–Crippen MR) is 48.3 cm³/mol. The molecular weight excluding hydrogens is 317 g/mol. The van der Waals surface area contributed by atoms with Crippen molar-refractivity contribution in [2.75, 3.05) is 0 Å². The number of rotatable bonds is 1. The average molecular weight is 321 g/mol. The zero-order chi connectivity index (χ0) is 10.9. The zero-order valence-electron chi connectivity index (χ0n) is 6.82. The normalized spacial score (nSPS) is 11.6. The molecule has 1 rings (SSSR count). The lowest BCUT2D eigenvalue weighted by atomic mass is 10.3. The standard InChI is InChI=1S/C7H4F4INO/c1-3-2-4(14-7(9,10)11)13-6(8)5(3)12/h2H,1H3. The number of nitrogens with zero attached hydrogens (tertiary/aromatic N) is 1. The number of halogens is 5. The summed E-state index contributed by atoms with van der Waals surface area (Å²) in [7, 11) is 0. The molecule has 0 aliphatic carbocycles. The first-order valence-electron chi connectivity index (χ1n) is 3.38. The van der Waals surface area contributed by atoms with E-state index in [1.165, 1.54) is 6.92 Å². The van der Waals surface area contributed by atoms with E-state index in [4.69, 9.17) is 0 Å². The molecule has 0 unspecified atom stereocenters. The molecule has 14 heavy (non-hydrogen) atoms. The van der Waals surface area contributed by atoms with E-state index in [1.54, 1.807) is 22.6 Å². The zero-order valence-corrected chi connectivity index (χ0v) is 8.98. The van der Waals surface area contributed by atoms with E-state index in [-0.39, 0.29) is 3.57 Å². The Balaban J connectivity index is 3.02. The molecule has 0 radical (unpaired) electrons. The third-order valence-corrected chi connectivity index (χ3v) is 2.59. The topological polar surface area (TPSA) is 22.1 Å². The Kier molecular flexibility index (Phi) is 3.17. The smallest absolute Gasteiger partial charge is 0.388 e. The summed E-state index contributed by atoms with van der Waals surface area (Å²) in [4.78, 5) is 3.00. The van der Waals surface area contributed by atoms with Crippen molar-refractivity contribution in [3.63, 3.8) is 0 Å². The first kappa shape index (κ1) is 11.5. The van der Waals surface area contributed by atoms with Crippen molar-refractivity contribution in [3.05, 3.63) is 21.1 Å². The van der Waals surface area contributed by atoms with Gasteiger partial charge >= 0.3 is 6.36 Å². The van der Waals surface area contributed by atoms with Gasteiger partial charge in [0.1, 0.15) is 0 Å². The maximum Gasteiger partial charge on any atom is 0.574 e. The number of aromatic nitrogens is 1. The second-order valence-electron chi connectivity index (χ2n) is 2.43. The molecule has 0 saturated carbocycles. The fraction of sp³-hybridized carbons (Fsp3) is 0.286. The van der Waals surface area contributed by atoms with Crippen LogP contribution >= 0.6 is 22.6 Å². The van der Waals surface area contributed by atoms with Gasteiger partial charge in [-0.25, -0.2) is 0 Å². The van der Waals surface area contributed by atoms with Gasteiger partial charge in [-0.1, -0.05) is 0 Å². The molecule has 0 saturated heterocycles. The molecule has 0 bridgehead atoms. The van der Waals surface area contributed by atoms with Gasteiger partial charge in [0.25, 0.3) is 0 Å². The molecule has 0 spiro atoms. The molecule has 2 nitrogen and oxygen atoms in total. The first-order valence-corrected chi connectivity index (χ1v) is 4.46. The van der Waals surface area contributed by atoms with Gasteiger partial charge in [0.2, 0.25) is 11.8 Å². The molecule has 1 aromatic heterocycles. The second-order valence-corrected chi connectivity index (χ2v) is 3.51. The van der Waals surface area contributed by atoms with Crippen molar-refractivity contribution in [1.29, 1.82) is 0 Å². The van der Waals surface area contributed by atoms with Crippen molar-refractivity contribution in [3.8, 4) is 5.88 Å². The Bertz CT molecular complexity index is 329. The van der Waals surface area contributed by atoms with Crippen LogP contribution in [0.4, 0.5) is 17.6 Å². The Hall–Kier alpha value is -0.600. The van der Waals surface area contributed by atoms with Crippen LogP contribution in [-0.4, -0.2) is 11.3 Å². The number of ether oxygens (including phenoxy) is 1. The molecule has 0 amide bonds. The molecule has 1 heterocycles. The van der Waals surface area contributed by atoms with Crippen LogP contribution in [0.2, 0.25) is 0 Å². The highest BCUT2D eigenvalue weighted by Crippen LogP contribution is 2.24. The van der Waals surface area contributed by atoms with E-state index in [2.05, 4.69) is 9.72 Å². The largest absolute Gasteiger partial charge is 0.574 e. The van der Waals surface area contributed by atoms with Crippen LogP contribution in [0, 0.1) is 16.4 Å². The van der Waals surface area contributed by atoms with Crippen LogP contribution in [0.3, 0.4) is 0 Å². The number of alkyl halides is 3. The van der Waals surface area contributed by atoms with Crippen molar-refractivity contribution in [1.82, 2.24) is 4.98 Å². The summed E-state index contributed by atoms with van der Waals surface area (Å²) in [6.45, 7) is 1.47. The number of pyridine rings is 1. The van der Waals surface area contributed by atoms with Crippen molar-refractivity contribution in [2.24, 2.45) is 0 Å². The lowest BCUT2D eigenvalue weighted by Crippen LogP contribution is -2.18. The Morgan fingerprint density at radius 3 is 2.43 bits per heavy atom. The van der Waals surface area contributed by atoms with Crippen molar-refractivity contribution in [2.45, 2.75) is 13.3 Å². The quantitative estimate of drug-likeness (QED) is 0.451. The van der Waals surface area contributed by atoms with Crippen molar-refractivity contribution >= 4 is 22.6 Å². The minimum Gasteiger partial charge on any atom is -0.388 e. The maximum absolute atomic E-state index is 12.8. The Labute approximate surface area is 90.4 Å². The number of aryl methyl sites for hydroxylation is 1. The van der Waals surface area contributed by atoms with Crippen LogP contribution in [-0.2, 0) is 0 Å². The third-order valence-electron chi connectivity index (χ3n) is 1.30. The maximum atomic E-state index is 12.8. The van der Waals surface area contributed by atoms with Gasteiger partial charge in [-0.15, -0.1) is 13.2 Å². The molecule has 0 aromatic carbocycles. The fourth-order valence-electron chi connectivity index (χ4n) is 0.760. The molecule has 78 valence electrons. The van der Waals surface area contributed by atoms with Crippen LogP contribution in [0.1, 0.15) is 5.56 Å². The molecular formula is C7H4F4INO. The first-order chi connectivity index (χ1) is 6.29. The van der Waals surface area contributed by atoms with Gasteiger partial charge in [0.05, 0.1) is 3.57 Å². The van der Waals surface area contributed by atoms with E-state index in [0.717, 1.165) is 6.07 Å². The highest BCUT2D eigenvalue weighted by molar-refractivity contribution is 14.1. The minimum atomic E-state index is -4.85. The molecule has 7 heteroatoms. The van der Waals surface area contributed by atoms with E-state index in [1.807, 2.05) is 0 Å². The summed E-state index contributed by atoms with van der Waals surface area (Å²) in [5.41, 5.74) is 0.345.